The van der Waals surface area contributed by atoms with Gasteiger partial charge in [0.25, 0.3) is 0 Å². The molecule has 1 saturated heterocycles. The van der Waals surface area contributed by atoms with Crippen LogP contribution in [0.25, 0.3) is 0 Å². The van der Waals surface area contributed by atoms with E-state index >= 15 is 0 Å². The molecule has 0 saturated carbocycles. The lowest BCUT2D eigenvalue weighted by Crippen LogP contribution is -2.44. The molecule has 1 aliphatic heterocycles. The van der Waals surface area contributed by atoms with Crippen molar-refractivity contribution in [3.05, 3.63) is 306 Å². The van der Waals surface area contributed by atoms with Crippen molar-refractivity contribution in [2.45, 2.75) is 35.6 Å². The highest BCUT2D eigenvalue weighted by Crippen LogP contribution is 2.46. The SMILES string of the molecule is c1ccc(O[C@H]2[C@H](OP(c3ccccc3)c3ccccc3)[C@@H](COC(c3ccccc3)(c3ccccc3)c3ccccc3)O[C@@H]2COC(c2ccccc2)(c2ccccc2)c2ccccc2)cc1. The average molecular weight is 909 g/mol. The predicted octanol–water partition coefficient (Wildman–Crippen LogP) is 12.7. The van der Waals surface area contributed by atoms with E-state index in [1.807, 2.05) is 78.9 Å². The van der Waals surface area contributed by atoms with E-state index < -0.39 is 43.8 Å². The first-order valence-corrected chi connectivity index (χ1v) is 24.5. The second-order valence-corrected chi connectivity index (χ2v) is 18.7. The normalized spacial score (nSPS) is 17.2. The molecule has 68 heavy (non-hydrogen) atoms. The second kappa shape index (κ2) is 21.3. The molecule has 336 valence electrons. The Bertz CT molecular complexity index is 2650. The second-order valence-electron chi connectivity index (χ2n) is 16.8. The molecule has 1 fully saturated rings. The van der Waals surface area contributed by atoms with Crippen LogP contribution < -0.4 is 15.3 Å². The van der Waals surface area contributed by atoms with Crippen LogP contribution in [0.4, 0.5) is 0 Å². The van der Waals surface area contributed by atoms with Gasteiger partial charge in [-0.05, 0) is 45.5 Å². The maximum atomic E-state index is 7.66. The fourth-order valence-corrected chi connectivity index (χ4v) is 11.4. The molecule has 0 aromatic heterocycles. The minimum absolute atomic E-state index is 0.155. The zero-order chi connectivity index (χ0) is 45.9. The molecule has 6 heteroatoms. The third-order valence-electron chi connectivity index (χ3n) is 12.6. The van der Waals surface area contributed by atoms with Crippen molar-refractivity contribution in [3.8, 4) is 5.75 Å². The standard InChI is InChI=1S/C62H53O5P/c1-10-28-48(29-11-1)61(49-30-12-2-13-31-49,50-32-14-3-15-33-50)63-46-57-59(65-54-40-22-7-23-41-54)60(67-68(55-42-24-8-25-43-55)56-44-26-9-27-45-56)58(66-57)47-64-62(51-34-16-4-17-35-51,52-36-18-5-19-37-52)53-38-20-6-21-39-53/h1-45,57-60H,46-47H2/t57-,58-,59-,60-/m1/s1. The van der Waals surface area contributed by atoms with Crippen LogP contribution in [0.5, 0.6) is 5.75 Å². The lowest BCUT2D eigenvalue weighted by Gasteiger charge is -2.37. The van der Waals surface area contributed by atoms with Crippen LogP contribution in [0.3, 0.4) is 0 Å². The van der Waals surface area contributed by atoms with Crippen LogP contribution >= 0.6 is 8.15 Å². The summed E-state index contributed by atoms with van der Waals surface area (Å²) in [6, 6.07) is 93.7. The molecule has 0 amide bonds. The van der Waals surface area contributed by atoms with Crippen LogP contribution in [0, 0.1) is 0 Å². The van der Waals surface area contributed by atoms with Gasteiger partial charge in [-0.1, -0.05) is 261 Å². The van der Waals surface area contributed by atoms with Crippen LogP contribution in [-0.2, 0) is 29.9 Å². The number of ether oxygens (including phenoxy) is 4. The van der Waals surface area contributed by atoms with E-state index in [1.165, 1.54) is 0 Å². The molecular formula is C62H53O5P. The van der Waals surface area contributed by atoms with E-state index in [9.17, 15) is 0 Å². The molecular weight excluding hydrogens is 856 g/mol. The van der Waals surface area contributed by atoms with Gasteiger partial charge in [0.1, 0.15) is 35.3 Å². The van der Waals surface area contributed by atoms with E-state index in [4.69, 9.17) is 23.5 Å². The van der Waals surface area contributed by atoms with Crippen LogP contribution in [0.15, 0.2) is 273 Å². The molecule has 5 nitrogen and oxygen atoms in total. The molecule has 0 N–H and O–H groups in total. The average Bonchev–Trinajstić information content (AvgIpc) is 3.75. The molecule has 0 spiro atoms. The molecule has 1 aliphatic rings. The molecule has 9 aromatic rings. The minimum Gasteiger partial charge on any atom is -0.485 e. The highest BCUT2D eigenvalue weighted by Gasteiger charge is 2.52. The summed E-state index contributed by atoms with van der Waals surface area (Å²) >= 11 is 0. The van der Waals surface area contributed by atoms with Gasteiger partial charge < -0.3 is 23.5 Å². The van der Waals surface area contributed by atoms with Gasteiger partial charge in [0.2, 0.25) is 0 Å². The molecule has 1 heterocycles. The van der Waals surface area contributed by atoms with Crippen LogP contribution in [-0.4, -0.2) is 37.6 Å². The van der Waals surface area contributed by atoms with Crippen molar-refractivity contribution < 1.29 is 23.5 Å². The Hall–Kier alpha value is -6.95. The lowest BCUT2D eigenvalue weighted by molar-refractivity contribution is -0.105. The molecule has 0 unspecified atom stereocenters. The summed E-state index contributed by atoms with van der Waals surface area (Å²) in [6.45, 7) is 0.310. The third-order valence-corrected chi connectivity index (χ3v) is 14.6. The number of hydrogen-bond donors (Lipinski definition) is 0. The number of para-hydroxylation sites is 1. The number of benzene rings is 9. The summed E-state index contributed by atoms with van der Waals surface area (Å²) in [5.74, 6) is 0.706. The van der Waals surface area contributed by atoms with Crippen LogP contribution in [0.1, 0.15) is 33.4 Å². The maximum Gasteiger partial charge on any atom is 0.156 e. The summed E-state index contributed by atoms with van der Waals surface area (Å²) in [4.78, 5) is 0. The molecule has 4 atom stereocenters. The molecule has 0 radical (unpaired) electrons. The van der Waals surface area contributed by atoms with E-state index in [1.54, 1.807) is 0 Å². The van der Waals surface area contributed by atoms with Gasteiger partial charge in [-0.2, -0.15) is 0 Å². The highest BCUT2D eigenvalue weighted by atomic mass is 31.1. The van der Waals surface area contributed by atoms with Gasteiger partial charge in [-0.25, -0.2) is 0 Å². The Morgan fingerprint density at radius 1 is 0.324 bits per heavy atom. The molecule has 10 rings (SSSR count). The van der Waals surface area contributed by atoms with Crippen molar-refractivity contribution in [3.63, 3.8) is 0 Å². The maximum absolute atomic E-state index is 7.66. The van der Waals surface area contributed by atoms with Gasteiger partial charge in [0.05, 0.1) is 21.4 Å². The summed E-state index contributed by atoms with van der Waals surface area (Å²) in [7, 11) is -1.38. The monoisotopic (exact) mass is 908 g/mol. The largest absolute Gasteiger partial charge is 0.485 e. The van der Waals surface area contributed by atoms with Gasteiger partial charge in [0, 0.05) is 10.6 Å². The molecule has 9 aromatic carbocycles. The highest BCUT2D eigenvalue weighted by molar-refractivity contribution is 7.68. The van der Waals surface area contributed by atoms with Crippen molar-refractivity contribution >= 4 is 18.8 Å². The van der Waals surface area contributed by atoms with E-state index in [0.717, 1.165) is 44.0 Å². The summed E-state index contributed by atoms with van der Waals surface area (Å²) in [5, 5.41) is 2.16. The zero-order valence-electron chi connectivity index (χ0n) is 37.7. The van der Waals surface area contributed by atoms with Crippen molar-refractivity contribution in [1.29, 1.82) is 0 Å². The Kier molecular flexibility index (Phi) is 14.1. The van der Waals surface area contributed by atoms with Gasteiger partial charge in [0.15, 0.2) is 6.10 Å². The number of rotatable bonds is 18. The van der Waals surface area contributed by atoms with Crippen molar-refractivity contribution in [1.82, 2.24) is 0 Å². The van der Waals surface area contributed by atoms with Gasteiger partial charge >= 0.3 is 0 Å². The van der Waals surface area contributed by atoms with Crippen LogP contribution in [0.2, 0.25) is 0 Å². The first-order chi connectivity index (χ1) is 33.7. The van der Waals surface area contributed by atoms with E-state index in [-0.39, 0.29) is 13.2 Å². The number of hydrogen-bond acceptors (Lipinski definition) is 5. The van der Waals surface area contributed by atoms with Crippen molar-refractivity contribution in [2.24, 2.45) is 0 Å². The zero-order valence-corrected chi connectivity index (χ0v) is 38.6. The first-order valence-electron chi connectivity index (χ1n) is 23.3. The van der Waals surface area contributed by atoms with Gasteiger partial charge in [-0.15, -0.1) is 0 Å². The lowest BCUT2D eigenvalue weighted by atomic mass is 9.80. The fraction of sp³-hybridized carbons (Fsp3) is 0.129. The Labute approximate surface area is 401 Å². The summed E-state index contributed by atoms with van der Waals surface area (Å²) in [5.41, 5.74) is 3.99. The summed E-state index contributed by atoms with van der Waals surface area (Å²) in [6.07, 6.45) is -2.50. The Morgan fingerprint density at radius 2 is 0.588 bits per heavy atom. The fourth-order valence-electron chi connectivity index (χ4n) is 9.47. The molecule has 0 aliphatic carbocycles. The van der Waals surface area contributed by atoms with E-state index in [2.05, 4.69) is 194 Å². The smallest absolute Gasteiger partial charge is 0.156 e. The topological polar surface area (TPSA) is 46.2 Å². The van der Waals surface area contributed by atoms with Crippen molar-refractivity contribution in [2.75, 3.05) is 13.2 Å². The Morgan fingerprint density at radius 3 is 0.897 bits per heavy atom. The predicted molar refractivity (Wildman–Crippen MR) is 274 cm³/mol. The Balaban J connectivity index is 1.11. The third kappa shape index (κ3) is 9.46. The first kappa shape index (κ1) is 44.9. The van der Waals surface area contributed by atoms with E-state index in [0.29, 0.717) is 5.75 Å². The summed E-state index contributed by atoms with van der Waals surface area (Å²) < 4.78 is 37.5. The minimum atomic E-state index is -1.38. The van der Waals surface area contributed by atoms with Gasteiger partial charge in [-0.3, -0.25) is 0 Å². The quantitative estimate of drug-likeness (QED) is 0.0634. The molecule has 0 bridgehead atoms.